The maximum absolute atomic E-state index is 10.9. The van der Waals surface area contributed by atoms with Gasteiger partial charge in [0.1, 0.15) is 6.07 Å². The normalized spacial score (nSPS) is 10.8. The molecular formula is C12H10N2O4. The van der Waals surface area contributed by atoms with E-state index >= 15 is 0 Å². The summed E-state index contributed by atoms with van der Waals surface area (Å²) in [6.07, 6.45) is 1.21. The highest BCUT2D eigenvalue weighted by Crippen LogP contribution is 2.24. The molecule has 0 aromatic heterocycles. The smallest absolute Gasteiger partial charge is 0.329 e. The molecule has 0 atom stereocenters. The van der Waals surface area contributed by atoms with Gasteiger partial charge in [-0.2, -0.15) is 5.26 Å². The van der Waals surface area contributed by atoms with Crippen molar-refractivity contribution in [2.45, 2.75) is 13.3 Å². The number of rotatable bonds is 4. The van der Waals surface area contributed by atoms with Gasteiger partial charge in [-0.25, -0.2) is 4.79 Å². The molecule has 0 heterocycles. The maximum Gasteiger partial charge on any atom is 0.329 e. The van der Waals surface area contributed by atoms with Crippen LogP contribution in [0.4, 0.5) is 5.69 Å². The summed E-state index contributed by atoms with van der Waals surface area (Å²) in [4.78, 5) is 20.8. The number of nitro groups is 1. The molecule has 1 N–H and O–H groups in total. The number of aryl methyl sites for hydroxylation is 1. The van der Waals surface area contributed by atoms with Gasteiger partial charge in [-0.1, -0.05) is 19.1 Å². The van der Waals surface area contributed by atoms with Gasteiger partial charge in [0.05, 0.1) is 10.5 Å². The number of hydrogen-bond donors (Lipinski definition) is 1. The van der Waals surface area contributed by atoms with Gasteiger partial charge in [-0.3, -0.25) is 10.1 Å². The van der Waals surface area contributed by atoms with E-state index in [9.17, 15) is 14.9 Å². The molecule has 0 aliphatic rings. The number of nitrogens with zero attached hydrogens (tertiary/aromatic N) is 2. The zero-order valence-electron chi connectivity index (χ0n) is 9.58. The fraction of sp³-hybridized carbons (Fsp3) is 0.167. The third kappa shape index (κ3) is 2.92. The summed E-state index contributed by atoms with van der Waals surface area (Å²) in [6, 6.07) is 5.96. The standard InChI is InChI=1S/C12H10N2O4/c1-2-8-3-4-9(5-11(8)14(17)18)10(7-13)6-12(15)16/h3-6H,2H2,1H3,(H,15,16)/b10-6+. The molecule has 0 saturated heterocycles. The van der Waals surface area contributed by atoms with Gasteiger partial charge in [0.15, 0.2) is 0 Å². The van der Waals surface area contributed by atoms with Gasteiger partial charge in [0.2, 0.25) is 0 Å². The van der Waals surface area contributed by atoms with Crippen LogP contribution in [0.25, 0.3) is 5.57 Å². The summed E-state index contributed by atoms with van der Waals surface area (Å²) in [6.45, 7) is 1.78. The van der Waals surface area contributed by atoms with Crippen molar-refractivity contribution in [2.24, 2.45) is 0 Å². The molecule has 0 saturated carbocycles. The van der Waals surface area contributed by atoms with Crippen LogP contribution in [-0.2, 0) is 11.2 Å². The van der Waals surface area contributed by atoms with Crippen molar-refractivity contribution in [2.75, 3.05) is 0 Å². The number of hydrogen-bond acceptors (Lipinski definition) is 4. The molecule has 1 aromatic carbocycles. The third-order valence-corrected chi connectivity index (χ3v) is 2.36. The van der Waals surface area contributed by atoms with Crippen LogP contribution in [0.5, 0.6) is 0 Å². The molecule has 6 nitrogen and oxygen atoms in total. The molecule has 0 amide bonds. The van der Waals surface area contributed by atoms with E-state index < -0.39 is 10.9 Å². The molecule has 6 heteroatoms. The number of benzene rings is 1. The van der Waals surface area contributed by atoms with E-state index in [2.05, 4.69) is 0 Å². The Morgan fingerprint density at radius 2 is 2.28 bits per heavy atom. The van der Waals surface area contributed by atoms with Gasteiger partial charge in [0, 0.05) is 17.7 Å². The Morgan fingerprint density at radius 1 is 1.61 bits per heavy atom. The highest BCUT2D eigenvalue weighted by atomic mass is 16.6. The van der Waals surface area contributed by atoms with Crippen LogP contribution in [0.2, 0.25) is 0 Å². The SMILES string of the molecule is CCc1ccc(/C(C#N)=C/C(=O)O)cc1[N+](=O)[O-]. The highest BCUT2D eigenvalue weighted by molar-refractivity contribution is 5.94. The van der Waals surface area contributed by atoms with Crippen molar-refractivity contribution in [3.05, 3.63) is 45.5 Å². The van der Waals surface area contributed by atoms with E-state index in [1.54, 1.807) is 13.0 Å². The Morgan fingerprint density at radius 3 is 2.72 bits per heavy atom. The first kappa shape index (κ1) is 13.4. The Kier molecular flexibility index (Phi) is 4.16. The number of carbonyl (C=O) groups is 1. The predicted octanol–water partition coefficient (Wildman–Crippen LogP) is 2.15. The van der Waals surface area contributed by atoms with Crippen LogP contribution in [0.3, 0.4) is 0 Å². The third-order valence-electron chi connectivity index (χ3n) is 2.36. The van der Waals surface area contributed by atoms with Gasteiger partial charge < -0.3 is 5.11 Å². The number of nitriles is 1. The summed E-state index contributed by atoms with van der Waals surface area (Å²) < 4.78 is 0. The molecule has 1 aromatic rings. The van der Waals surface area contributed by atoms with Crippen molar-refractivity contribution in [3.63, 3.8) is 0 Å². The van der Waals surface area contributed by atoms with E-state index in [0.29, 0.717) is 12.0 Å². The van der Waals surface area contributed by atoms with Gasteiger partial charge in [-0.15, -0.1) is 0 Å². The largest absolute Gasteiger partial charge is 0.478 e. The quantitative estimate of drug-likeness (QED) is 0.379. The highest BCUT2D eigenvalue weighted by Gasteiger charge is 2.15. The molecule has 18 heavy (non-hydrogen) atoms. The average Bonchev–Trinajstić information content (AvgIpc) is 2.34. The molecule has 0 aliphatic heterocycles. The van der Waals surface area contributed by atoms with E-state index in [1.807, 2.05) is 0 Å². The number of carboxylic acids is 1. The van der Waals surface area contributed by atoms with Crippen molar-refractivity contribution in [1.82, 2.24) is 0 Å². The molecule has 0 unspecified atom stereocenters. The monoisotopic (exact) mass is 246 g/mol. The summed E-state index contributed by atoms with van der Waals surface area (Å²) in [7, 11) is 0. The average molecular weight is 246 g/mol. The van der Waals surface area contributed by atoms with Crippen LogP contribution < -0.4 is 0 Å². The molecule has 0 spiro atoms. The van der Waals surface area contributed by atoms with Gasteiger partial charge in [-0.05, 0) is 12.0 Å². The molecule has 0 aliphatic carbocycles. The number of aliphatic carboxylic acids is 1. The van der Waals surface area contributed by atoms with Crippen molar-refractivity contribution in [3.8, 4) is 6.07 Å². The second kappa shape index (κ2) is 5.59. The first-order valence-corrected chi connectivity index (χ1v) is 5.12. The Bertz CT molecular complexity index is 570. The molecule has 1 rings (SSSR count). The predicted molar refractivity (Wildman–Crippen MR) is 63.7 cm³/mol. The zero-order chi connectivity index (χ0) is 13.7. The van der Waals surface area contributed by atoms with Crippen LogP contribution in [0, 0.1) is 21.4 Å². The van der Waals surface area contributed by atoms with Crippen molar-refractivity contribution in [1.29, 1.82) is 5.26 Å². The number of nitro benzene ring substituents is 1. The Balaban J connectivity index is 3.36. The Hall–Kier alpha value is -2.68. The molecule has 0 bridgehead atoms. The fourth-order valence-corrected chi connectivity index (χ4v) is 1.50. The maximum atomic E-state index is 10.9. The Labute approximate surface area is 103 Å². The molecule has 0 fully saturated rings. The first-order chi connectivity index (χ1) is 8.49. The second-order valence-electron chi connectivity index (χ2n) is 3.46. The van der Waals surface area contributed by atoms with Crippen molar-refractivity contribution < 1.29 is 14.8 Å². The van der Waals surface area contributed by atoms with Crippen molar-refractivity contribution >= 4 is 17.2 Å². The second-order valence-corrected chi connectivity index (χ2v) is 3.46. The lowest BCUT2D eigenvalue weighted by molar-refractivity contribution is -0.385. The minimum absolute atomic E-state index is 0.110. The lowest BCUT2D eigenvalue weighted by Crippen LogP contribution is -1.97. The van der Waals surface area contributed by atoms with Crippen LogP contribution in [0.1, 0.15) is 18.1 Å². The summed E-state index contributed by atoms with van der Waals surface area (Å²) in [5.41, 5.74) is 0.537. The first-order valence-electron chi connectivity index (χ1n) is 5.12. The summed E-state index contributed by atoms with van der Waals surface area (Å²) in [5.74, 6) is -1.27. The summed E-state index contributed by atoms with van der Waals surface area (Å²) in [5, 5.41) is 28.3. The summed E-state index contributed by atoms with van der Waals surface area (Å²) >= 11 is 0. The van der Waals surface area contributed by atoms with Crippen LogP contribution in [0.15, 0.2) is 24.3 Å². The zero-order valence-corrected chi connectivity index (χ0v) is 9.58. The van der Waals surface area contributed by atoms with Gasteiger partial charge >= 0.3 is 5.97 Å². The molecule has 92 valence electrons. The lowest BCUT2D eigenvalue weighted by atomic mass is 10.0. The van der Waals surface area contributed by atoms with Crippen LogP contribution >= 0.6 is 0 Å². The van der Waals surface area contributed by atoms with E-state index in [-0.39, 0.29) is 16.8 Å². The van der Waals surface area contributed by atoms with Gasteiger partial charge in [0.25, 0.3) is 5.69 Å². The van der Waals surface area contributed by atoms with E-state index in [1.165, 1.54) is 18.2 Å². The van der Waals surface area contributed by atoms with Crippen LogP contribution in [-0.4, -0.2) is 16.0 Å². The molecular weight excluding hydrogens is 236 g/mol. The molecule has 0 radical (unpaired) electrons. The minimum Gasteiger partial charge on any atom is -0.478 e. The fourth-order valence-electron chi connectivity index (χ4n) is 1.50. The number of allylic oxidation sites excluding steroid dienone is 1. The topological polar surface area (TPSA) is 104 Å². The number of carboxylic acid groups (broad SMARTS) is 1. The lowest BCUT2D eigenvalue weighted by Gasteiger charge is -2.03. The van der Waals surface area contributed by atoms with E-state index in [4.69, 9.17) is 10.4 Å². The minimum atomic E-state index is -1.27. The van der Waals surface area contributed by atoms with E-state index in [0.717, 1.165) is 6.08 Å².